The molecule has 1 saturated carbocycles. The molecule has 3 heteroatoms. The summed E-state index contributed by atoms with van der Waals surface area (Å²) in [6.45, 7) is 7.06. The minimum Gasteiger partial charge on any atom is -0.371 e. The standard InChI is InChI=1S/C16H27N3/c1-11-5-7-14(8-6-11)19(4)16-9-12(2)18-13(3)15(16)10-17/h9,11,14H,5-8,10,17H2,1-4H3. The second-order valence-electron chi connectivity index (χ2n) is 6.08. The maximum absolute atomic E-state index is 5.92. The van der Waals surface area contributed by atoms with Crippen LogP contribution < -0.4 is 10.6 Å². The number of hydrogen-bond donors (Lipinski definition) is 1. The second kappa shape index (κ2) is 5.91. The van der Waals surface area contributed by atoms with Crippen LogP contribution in [0, 0.1) is 19.8 Å². The second-order valence-corrected chi connectivity index (χ2v) is 6.08. The third kappa shape index (κ3) is 3.08. The highest BCUT2D eigenvalue weighted by Crippen LogP contribution is 2.31. The molecule has 0 aliphatic heterocycles. The molecule has 0 aromatic carbocycles. The molecule has 1 heterocycles. The summed E-state index contributed by atoms with van der Waals surface area (Å²) in [5, 5.41) is 0. The molecule has 1 fully saturated rings. The molecule has 1 aliphatic rings. The van der Waals surface area contributed by atoms with E-state index in [1.54, 1.807) is 0 Å². The Bertz CT molecular complexity index is 434. The Morgan fingerprint density at radius 1 is 1.26 bits per heavy atom. The van der Waals surface area contributed by atoms with Gasteiger partial charge in [0, 0.05) is 42.3 Å². The molecular formula is C16H27N3. The number of anilines is 1. The first-order chi connectivity index (χ1) is 9.02. The Morgan fingerprint density at radius 3 is 2.47 bits per heavy atom. The van der Waals surface area contributed by atoms with E-state index in [0.717, 1.165) is 17.3 Å². The predicted octanol–water partition coefficient (Wildman–Crippen LogP) is 3.17. The summed E-state index contributed by atoms with van der Waals surface area (Å²) in [5.41, 5.74) is 10.6. The fraction of sp³-hybridized carbons (Fsp3) is 0.688. The van der Waals surface area contributed by atoms with Crippen LogP contribution >= 0.6 is 0 Å². The Kier molecular flexibility index (Phi) is 4.46. The molecule has 0 bridgehead atoms. The van der Waals surface area contributed by atoms with Crippen LogP contribution in [0.2, 0.25) is 0 Å². The quantitative estimate of drug-likeness (QED) is 0.908. The summed E-state index contributed by atoms with van der Waals surface area (Å²) in [7, 11) is 2.22. The van der Waals surface area contributed by atoms with Gasteiger partial charge >= 0.3 is 0 Å². The number of nitrogens with two attached hydrogens (primary N) is 1. The van der Waals surface area contributed by atoms with Crippen molar-refractivity contribution in [3.63, 3.8) is 0 Å². The number of nitrogens with zero attached hydrogens (tertiary/aromatic N) is 2. The van der Waals surface area contributed by atoms with Gasteiger partial charge in [-0.2, -0.15) is 0 Å². The van der Waals surface area contributed by atoms with Crippen molar-refractivity contribution in [3.8, 4) is 0 Å². The first kappa shape index (κ1) is 14.3. The van der Waals surface area contributed by atoms with Crippen LogP contribution in [0.4, 0.5) is 5.69 Å². The minimum atomic E-state index is 0.571. The lowest BCUT2D eigenvalue weighted by Gasteiger charge is -2.36. The lowest BCUT2D eigenvalue weighted by Crippen LogP contribution is -2.35. The molecule has 106 valence electrons. The Balaban J connectivity index is 2.25. The molecule has 0 atom stereocenters. The fourth-order valence-electron chi connectivity index (χ4n) is 3.23. The van der Waals surface area contributed by atoms with Gasteiger partial charge in [-0.1, -0.05) is 6.92 Å². The van der Waals surface area contributed by atoms with Crippen LogP contribution in [-0.2, 0) is 6.54 Å². The number of aromatic nitrogens is 1. The van der Waals surface area contributed by atoms with E-state index < -0.39 is 0 Å². The maximum Gasteiger partial charge on any atom is 0.0448 e. The molecule has 0 spiro atoms. The normalized spacial score (nSPS) is 23.4. The largest absolute Gasteiger partial charge is 0.371 e. The van der Waals surface area contributed by atoms with Gasteiger partial charge in [0.1, 0.15) is 0 Å². The van der Waals surface area contributed by atoms with Gasteiger partial charge in [0.25, 0.3) is 0 Å². The summed E-state index contributed by atoms with van der Waals surface area (Å²) < 4.78 is 0. The first-order valence-corrected chi connectivity index (χ1v) is 7.43. The van der Waals surface area contributed by atoms with Gasteiger partial charge in [0.05, 0.1) is 0 Å². The molecule has 0 radical (unpaired) electrons. The van der Waals surface area contributed by atoms with E-state index in [1.807, 2.05) is 0 Å². The average Bonchev–Trinajstić information content (AvgIpc) is 2.38. The van der Waals surface area contributed by atoms with Crippen molar-refractivity contribution < 1.29 is 0 Å². The Labute approximate surface area is 117 Å². The van der Waals surface area contributed by atoms with Crippen molar-refractivity contribution in [2.75, 3.05) is 11.9 Å². The number of pyridine rings is 1. The third-order valence-corrected chi connectivity index (χ3v) is 4.55. The van der Waals surface area contributed by atoms with Gasteiger partial charge in [-0.25, -0.2) is 0 Å². The van der Waals surface area contributed by atoms with Gasteiger partial charge < -0.3 is 10.6 Å². The van der Waals surface area contributed by atoms with Crippen molar-refractivity contribution in [1.82, 2.24) is 4.98 Å². The monoisotopic (exact) mass is 261 g/mol. The van der Waals surface area contributed by atoms with E-state index in [4.69, 9.17) is 5.73 Å². The SMILES string of the molecule is Cc1cc(N(C)C2CCC(C)CC2)c(CN)c(C)n1. The third-order valence-electron chi connectivity index (χ3n) is 4.55. The molecule has 1 aromatic rings. The van der Waals surface area contributed by atoms with E-state index in [2.05, 4.69) is 43.8 Å². The maximum atomic E-state index is 5.92. The van der Waals surface area contributed by atoms with E-state index in [0.29, 0.717) is 12.6 Å². The summed E-state index contributed by atoms with van der Waals surface area (Å²) in [6, 6.07) is 2.84. The first-order valence-electron chi connectivity index (χ1n) is 7.43. The predicted molar refractivity (Wildman–Crippen MR) is 81.4 cm³/mol. The molecule has 0 unspecified atom stereocenters. The van der Waals surface area contributed by atoms with Crippen LogP contribution in [0.25, 0.3) is 0 Å². The zero-order valence-corrected chi connectivity index (χ0v) is 12.7. The molecule has 1 aliphatic carbocycles. The summed E-state index contributed by atoms with van der Waals surface area (Å²) in [5.74, 6) is 0.888. The fourth-order valence-corrected chi connectivity index (χ4v) is 3.23. The van der Waals surface area contributed by atoms with E-state index in [9.17, 15) is 0 Å². The van der Waals surface area contributed by atoms with Crippen molar-refractivity contribution in [3.05, 3.63) is 23.0 Å². The average molecular weight is 261 g/mol. The van der Waals surface area contributed by atoms with Crippen molar-refractivity contribution in [1.29, 1.82) is 0 Å². The number of rotatable bonds is 3. The van der Waals surface area contributed by atoms with Crippen LogP contribution in [0.3, 0.4) is 0 Å². The number of hydrogen-bond acceptors (Lipinski definition) is 3. The molecule has 2 rings (SSSR count). The van der Waals surface area contributed by atoms with Crippen molar-refractivity contribution in [2.24, 2.45) is 11.7 Å². The smallest absolute Gasteiger partial charge is 0.0448 e. The highest BCUT2D eigenvalue weighted by molar-refractivity contribution is 5.56. The summed E-state index contributed by atoms with van der Waals surface area (Å²) in [4.78, 5) is 6.98. The minimum absolute atomic E-state index is 0.571. The van der Waals surface area contributed by atoms with Gasteiger partial charge in [-0.15, -0.1) is 0 Å². The highest BCUT2D eigenvalue weighted by Gasteiger charge is 2.23. The van der Waals surface area contributed by atoms with Gasteiger partial charge in [0.2, 0.25) is 0 Å². The topological polar surface area (TPSA) is 42.1 Å². The molecule has 3 nitrogen and oxygen atoms in total. The van der Waals surface area contributed by atoms with Crippen molar-refractivity contribution in [2.45, 2.75) is 59.0 Å². The summed E-state index contributed by atoms with van der Waals surface area (Å²) in [6.07, 6.45) is 5.27. The zero-order chi connectivity index (χ0) is 14.0. The van der Waals surface area contributed by atoms with Gasteiger partial charge in [-0.3, -0.25) is 4.98 Å². The number of aryl methyl sites for hydroxylation is 2. The molecule has 0 saturated heterocycles. The lowest BCUT2D eigenvalue weighted by molar-refractivity contribution is 0.340. The molecule has 1 aromatic heterocycles. The van der Waals surface area contributed by atoms with E-state index in [-0.39, 0.29) is 0 Å². The van der Waals surface area contributed by atoms with Crippen LogP contribution in [-0.4, -0.2) is 18.1 Å². The van der Waals surface area contributed by atoms with Crippen LogP contribution in [0.5, 0.6) is 0 Å². The van der Waals surface area contributed by atoms with E-state index in [1.165, 1.54) is 36.9 Å². The van der Waals surface area contributed by atoms with Gasteiger partial charge in [0.15, 0.2) is 0 Å². The van der Waals surface area contributed by atoms with Crippen LogP contribution in [0.1, 0.15) is 49.6 Å². The molecular weight excluding hydrogens is 234 g/mol. The van der Waals surface area contributed by atoms with Crippen molar-refractivity contribution >= 4 is 5.69 Å². The van der Waals surface area contributed by atoms with Gasteiger partial charge in [-0.05, 0) is 51.5 Å². The summed E-state index contributed by atoms with van der Waals surface area (Å²) >= 11 is 0. The molecule has 19 heavy (non-hydrogen) atoms. The Morgan fingerprint density at radius 2 is 1.89 bits per heavy atom. The Hall–Kier alpha value is -1.09. The molecule has 0 amide bonds. The molecule has 2 N–H and O–H groups in total. The lowest BCUT2D eigenvalue weighted by atomic mass is 9.86. The zero-order valence-electron chi connectivity index (χ0n) is 12.7. The van der Waals surface area contributed by atoms with E-state index >= 15 is 0 Å². The van der Waals surface area contributed by atoms with Crippen LogP contribution in [0.15, 0.2) is 6.07 Å². The highest BCUT2D eigenvalue weighted by atomic mass is 15.1.